The van der Waals surface area contributed by atoms with Gasteiger partial charge in [-0.15, -0.1) is 0 Å². The Kier molecular flexibility index (Phi) is 3.90. The standard InChI is InChI=1S/C10H18N2O2S/c1-9(2)8-10-4-5-12(11-10)6-7-15(3,13)14/h4-5,9H,6-8H2,1-3H3. The highest BCUT2D eigenvalue weighted by Crippen LogP contribution is 2.04. The lowest BCUT2D eigenvalue weighted by molar-refractivity contribution is 0.576. The van der Waals surface area contributed by atoms with Crippen LogP contribution < -0.4 is 0 Å². The summed E-state index contributed by atoms with van der Waals surface area (Å²) in [5.41, 5.74) is 1.03. The van der Waals surface area contributed by atoms with E-state index in [1.165, 1.54) is 6.26 Å². The molecule has 0 aliphatic heterocycles. The van der Waals surface area contributed by atoms with Gasteiger partial charge in [-0.1, -0.05) is 13.8 Å². The van der Waals surface area contributed by atoms with Crippen molar-refractivity contribution in [1.82, 2.24) is 9.78 Å². The number of nitrogens with zero attached hydrogens (tertiary/aromatic N) is 2. The van der Waals surface area contributed by atoms with E-state index in [2.05, 4.69) is 18.9 Å². The van der Waals surface area contributed by atoms with Crippen LogP contribution >= 0.6 is 0 Å². The largest absolute Gasteiger partial charge is 0.271 e. The van der Waals surface area contributed by atoms with Crippen LogP contribution in [0.3, 0.4) is 0 Å². The summed E-state index contributed by atoms with van der Waals surface area (Å²) in [4.78, 5) is 0. The fourth-order valence-corrected chi connectivity index (χ4v) is 1.83. The lowest BCUT2D eigenvalue weighted by Crippen LogP contribution is -2.11. The lowest BCUT2D eigenvalue weighted by Gasteiger charge is -2.01. The smallest absolute Gasteiger partial charge is 0.149 e. The van der Waals surface area contributed by atoms with Gasteiger partial charge < -0.3 is 0 Å². The van der Waals surface area contributed by atoms with Crippen molar-refractivity contribution >= 4 is 9.84 Å². The van der Waals surface area contributed by atoms with E-state index in [1.54, 1.807) is 4.68 Å². The van der Waals surface area contributed by atoms with Crippen molar-refractivity contribution < 1.29 is 8.42 Å². The molecule has 0 aliphatic rings. The van der Waals surface area contributed by atoms with Crippen molar-refractivity contribution in [1.29, 1.82) is 0 Å². The summed E-state index contributed by atoms with van der Waals surface area (Å²) in [7, 11) is -2.90. The fourth-order valence-electron chi connectivity index (χ4n) is 1.31. The minimum Gasteiger partial charge on any atom is -0.271 e. The third-order valence-corrected chi connectivity index (χ3v) is 2.93. The zero-order chi connectivity index (χ0) is 11.5. The second-order valence-electron chi connectivity index (χ2n) is 4.30. The molecule has 0 aromatic carbocycles. The van der Waals surface area contributed by atoms with Gasteiger partial charge in [0.05, 0.1) is 18.0 Å². The first-order valence-corrected chi connectivity index (χ1v) is 7.13. The lowest BCUT2D eigenvalue weighted by atomic mass is 10.1. The third-order valence-electron chi connectivity index (χ3n) is 2.00. The SMILES string of the molecule is CC(C)Cc1ccn(CCS(C)(=O)=O)n1. The van der Waals surface area contributed by atoms with Crippen molar-refractivity contribution in [3.8, 4) is 0 Å². The Morgan fingerprint density at radius 1 is 1.47 bits per heavy atom. The molecular formula is C10H18N2O2S. The molecule has 0 aliphatic carbocycles. The molecule has 0 atom stereocenters. The highest BCUT2D eigenvalue weighted by atomic mass is 32.2. The Morgan fingerprint density at radius 3 is 2.67 bits per heavy atom. The van der Waals surface area contributed by atoms with Gasteiger partial charge in [0.2, 0.25) is 0 Å². The van der Waals surface area contributed by atoms with Gasteiger partial charge in [0, 0.05) is 12.5 Å². The summed E-state index contributed by atoms with van der Waals surface area (Å²) in [6.07, 6.45) is 4.01. The number of hydrogen-bond acceptors (Lipinski definition) is 3. The highest BCUT2D eigenvalue weighted by molar-refractivity contribution is 7.90. The predicted molar refractivity (Wildman–Crippen MR) is 60.5 cm³/mol. The van der Waals surface area contributed by atoms with Gasteiger partial charge in [-0.25, -0.2) is 8.42 Å². The zero-order valence-corrected chi connectivity index (χ0v) is 10.3. The fraction of sp³-hybridized carbons (Fsp3) is 0.700. The van der Waals surface area contributed by atoms with Crippen LogP contribution in [-0.2, 0) is 22.8 Å². The molecule has 5 heteroatoms. The van der Waals surface area contributed by atoms with Crippen LogP contribution in [0.2, 0.25) is 0 Å². The van der Waals surface area contributed by atoms with E-state index in [0.717, 1.165) is 12.1 Å². The average molecular weight is 230 g/mol. The molecule has 1 heterocycles. The first kappa shape index (κ1) is 12.2. The number of rotatable bonds is 5. The van der Waals surface area contributed by atoms with Gasteiger partial charge in [0.25, 0.3) is 0 Å². The van der Waals surface area contributed by atoms with E-state index in [1.807, 2.05) is 12.3 Å². The van der Waals surface area contributed by atoms with Crippen LogP contribution in [0.5, 0.6) is 0 Å². The molecule has 1 aromatic rings. The van der Waals surface area contributed by atoms with Crippen molar-refractivity contribution in [3.63, 3.8) is 0 Å². The van der Waals surface area contributed by atoms with Crippen LogP contribution in [0.25, 0.3) is 0 Å². The Balaban J connectivity index is 2.53. The molecule has 4 nitrogen and oxygen atoms in total. The topological polar surface area (TPSA) is 52.0 Å². The molecule has 0 saturated heterocycles. The molecule has 0 bridgehead atoms. The first-order valence-electron chi connectivity index (χ1n) is 5.07. The number of aromatic nitrogens is 2. The van der Waals surface area contributed by atoms with E-state index in [9.17, 15) is 8.42 Å². The minimum atomic E-state index is -2.90. The van der Waals surface area contributed by atoms with Gasteiger partial charge in [0.1, 0.15) is 9.84 Å². The van der Waals surface area contributed by atoms with Gasteiger partial charge in [-0.2, -0.15) is 5.10 Å². The van der Waals surface area contributed by atoms with Gasteiger partial charge in [-0.3, -0.25) is 4.68 Å². The second kappa shape index (κ2) is 4.79. The summed E-state index contributed by atoms with van der Waals surface area (Å²) in [6, 6.07) is 1.95. The monoisotopic (exact) mass is 230 g/mol. The summed E-state index contributed by atoms with van der Waals surface area (Å²) in [5, 5.41) is 4.31. The maximum atomic E-state index is 10.9. The molecule has 1 rings (SSSR count). The van der Waals surface area contributed by atoms with Gasteiger partial charge in [-0.05, 0) is 18.4 Å². The van der Waals surface area contributed by atoms with Gasteiger partial charge >= 0.3 is 0 Å². The van der Waals surface area contributed by atoms with Crippen LogP contribution in [0.1, 0.15) is 19.5 Å². The zero-order valence-electron chi connectivity index (χ0n) is 9.47. The molecule has 0 unspecified atom stereocenters. The van der Waals surface area contributed by atoms with Crippen LogP contribution in [0.4, 0.5) is 0 Å². The van der Waals surface area contributed by atoms with Crippen molar-refractivity contribution in [2.75, 3.05) is 12.0 Å². The van der Waals surface area contributed by atoms with E-state index in [-0.39, 0.29) is 5.75 Å². The van der Waals surface area contributed by atoms with Crippen molar-refractivity contribution in [3.05, 3.63) is 18.0 Å². The summed E-state index contributed by atoms with van der Waals surface area (Å²) in [5.74, 6) is 0.721. The Hall–Kier alpha value is -0.840. The summed E-state index contributed by atoms with van der Waals surface area (Å²) < 4.78 is 23.6. The maximum absolute atomic E-state index is 10.9. The van der Waals surface area contributed by atoms with Crippen molar-refractivity contribution in [2.24, 2.45) is 5.92 Å². The Labute approximate surface area is 91.2 Å². The Morgan fingerprint density at radius 2 is 2.13 bits per heavy atom. The molecule has 0 N–H and O–H groups in total. The second-order valence-corrected chi connectivity index (χ2v) is 6.56. The molecule has 15 heavy (non-hydrogen) atoms. The number of hydrogen-bond donors (Lipinski definition) is 0. The summed E-state index contributed by atoms with van der Waals surface area (Å²) in [6.45, 7) is 4.71. The van der Waals surface area contributed by atoms with E-state index in [0.29, 0.717) is 12.5 Å². The third kappa shape index (κ3) is 4.97. The average Bonchev–Trinajstić information content (AvgIpc) is 2.46. The minimum absolute atomic E-state index is 0.149. The molecule has 0 saturated carbocycles. The highest BCUT2D eigenvalue weighted by Gasteiger charge is 2.05. The molecule has 0 fully saturated rings. The number of aryl methyl sites for hydroxylation is 1. The maximum Gasteiger partial charge on any atom is 0.149 e. The normalized spacial score (nSPS) is 12.3. The molecular weight excluding hydrogens is 212 g/mol. The Bertz CT molecular complexity index is 407. The van der Waals surface area contributed by atoms with Crippen LogP contribution in [-0.4, -0.2) is 30.2 Å². The molecule has 0 amide bonds. The van der Waals surface area contributed by atoms with E-state index >= 15 is 0 Å². The molecule has 0 spiro atoms. The molecule has 1 aromatic heterocycles. The van der Waals surface area contributed by atoms with Crippen LogP contribution in [0.15, 0.2) is 12.3 Å². The summed E-state index contributed by atoms with van der Waals surface area (Å²) >= 11 is 0. The van der Waals surface area contributed by atoms with Crippen molar-refractivity contribution in [2.45, 2.75) is 26.8 Å². The van der Waals surface area contributed by atoms with E-state index < -0.39 is 9.84 Å². The molecule has 86 valence electrons. The number of sulfone groups is 1. The van der Waals surface area contributed by atoms with E-state index in [4.69, 9.17) is 0 Å². The quantitative estimate of drug-likeness (QED) is 0.762. The predicted octanol–water partition coefficient (Wildman–Crippen LogP) is 1.13. The van der Waals surface area contributed by atoms with Crippen LogP contribution in [0, 0.1) is 5.92 Å². The first-order chi connectivity index (χ1) is 6.87. The molecule has 0 radical (unpaired) electrons. The van der Waals surface area contributed by atoms with Gasteiger partial charge in [0.15, 0.2) is 0 Å².